The number of carbonyl (C=O) groups is 4. The lowest BCUT2D eigenvalue weighted by Gasteiger charge is -2.46. The summed E-state index contributed by atoms with van der Waals surface area (Å²) in [5.74, 6) is -0.976. The Bertz CT molecular complexity index is 1080. The molecule has 9 nitrogen and oxygen atoms in total. The number of piperidine rings is 1. The number of benzene rings is 2. The summed E-state index contributed by atoms with van der Waals surface area (Å²) in [4.78, 5) is 54.0. The molecule has 1 N–H and O–H groups in total. The highest BCUT2D eigenvalue weighted by atomic mass is 16.5. The van der Waals surface area contributed by atoms with Crippen molar-refractivity contribution in [3.8, 4) is 0 Å². The van der Waals surface area contributed by atoms with Crippen LogP contribution in [0.3, 0.4) is 0 Å². The number of anilines is 1. The third-order valence-corrected chi connectivity index (χ3v) is 7.02. The van der Waals surface area contributed by atoms with Crippen LogP contribution in [-0.4, -0.2) is 67.5 Å². The number of methoxy groups -OCH3 is 1. The van der Waals surface area contributed by atoms with Gasteiger partial charge in [-0.3, -0.25) is 19.3 Å². The summed E-state index contributed by atoms with van der Waals surface area (Å²) in [6.45, 7) is 4.26. The van der Waals surface area contributed by atoms with Crippen molar-refractivity contribution >= 4 is 29.4 Å². The van der Waals surface area contributed by atoms with Crippen LogP contribution in [0, 0.1) is 0 Å². The summed E-state index contributed by atoms with van der Waals surface area (Å²) in [5.41, 5.74) is 0.534. The van der Waals surface area contributed by atoms with Gasteiger partial charge in [0.2, 0.25) is 11.8 Å². The average molecular weight is 538 g/mol. The van der Waals surface area contributed by atoms with Crippen LogP contribution in [0.25, 0.3) is 0 Å². The van der Waals surface area contributed by atoms with Gasteiger partial charge >= 0.3 is 11.9 Å². The zero-order valence-electron chi connectivity index (χ0n) is 22.9. The first-order valence-corrected chi connectivity index (χ1v) is 13.5. The van der Waals surface area contributed by atoms with Crippen LogP contribution in [0.2, 0.25) is 0 Å². The normalized spacial score (nSPS) is 14.7. The van der Waals surface area contributed by atoms with Crippen LogP contribution in [0.15, 0.2) is 60.7 Å². The minimum Gasteiger partial charge on any atom is -0.467 e. The monoisotopic (exact) mass is 537 g/mol. The molecule has 0 radical (unpaired) electrons. The largest absolute Gasteiger partial charge is 0.467 e. The van der Waals surface area contributed by atoms with Crippen LogP contribution in [0.1, 0.15) is 51.0 Å². The summed E-state index contributed by atoms with van der Waals surface area (Å²) in [6, 6.07) is 18.7. The molecule has 2 aromatic carbocycles. The van der Waals surface area contributed by atoms with Crippen molar-refractivity contribution in [2.24, 2.45) is 0 Å². The molecule has 0 spiro atoms. The van der Waals surface area contributed by atoms with Gasteiger partial charge in [0.05, 0.1) is 7.11 Å². The topological polar surface area (TPSA) is 105 Å². The molecule has 210 valence electrons. The van der Waals surface area contributed by atoms with Gasteiger partial charge in [-0.1, -0.05) is 55.5 Å². The van der Waals surface area contributed by atoms with Crippen molar-refractivity contribution in [2.45, 2.75) is 57.6 Å². The summed E-state index contributed by atoms with van der Waals surface area (Å²) >= 11 is 0. The molecule has 1 aliphatic rings. The summed E-state index contributed by atoms with van der Waals surface area (Å²) < 4.78 is 10.4. The van der Waals surface area contributed by atoms with Gasteiger partial charge in [-0.15, -0.1) is 0 Å². The molecule has 0 saturated carbocycles. The van der Waals surface area contributed by atoms with Crippen molar-refractivity contribution in [3.63, 3.8) is 0 Å². The maximum absolute atomic E-state index is 13.1. The predicted octanol–water partition coefficient (Wildman–Crippen LogP) is 3.47. The summed E-state index contributed by atoms with van der Waals surface area (Å²) in [5, 5.41) is 2.90. The molecular weight excluding hydrogens is 498 g/mol. The van der Waals surface area contributed by atoms with E-state index in [0.29, 0.717) is 51.1 Å². The Morgan fingerprint density at radius 3 is 2.21 bits per heavy atom. The molecule has 3 rings (SSSR count). The van der Waals surface area contributed by atoms with E-state index in [1.165, 1.54) is 7.11 Å². The van der Waals surface area contributed by atoms with Crippen LogP contribution in [0.4, 0.5) is 5.69 Å². The van der Waals surface area contributed by atoms with Gasteiger partial charge in [-0.25, -0.2) is 4.79 Å². The molecule has 39 heavy (non-hydrogen) atoms. The Hall–Kier alpha value is -3.72. The van der Waals surface area contributed by atoms with Crippen molar-refractivity contribution in [2.75, 3.05) is 38.2 Å². The first-order valence-electron chi connectivity index (χ1n) is 13.5. The summed E-state index contributed by atoms with van der Waals surface area (Å²) in [7, 11) is 1.36. The fourth-order valence-electron chi connectivity index (χ4n) is 4.87. The Morgan fingerprint density at radius 2 is 1.59 bits per heavy atom. The van der Waals surface area contributed by atoms with Crippen molar-refractivity contribution in [1.29, 1.82) is 0 Å². The van der Waals surface area contributed by atoms with E-state index in [2.05, 4.69) is 10.2 Å². The maximum Gasteiger partial charge on any atom is 0.332 e. The van der Waals surface area contributed by atoms with Gasteiger partial charge in [0.25, 0.3) is 0 Å². The minimum absolute atomic E-state index is 0.115. The Kier molecular flexibility index (Phi) is 11.5. The van der Waals surface area contributed by atoms with Crippen LogP contribution < -0.4 is 10.2 Å². The van der Waals surface area contributed by atoms with Crippen LogP contribution in [-0.2, 0) is 35.3 Å². The van der Waals surface area contributed by atoms with E-state index in [-0.39, 0.29) is 43.7 Å². The fourth-order valence-corrected chi connectivity index (χ4v) is 4.87. The quantitative estimate of drug-likeness (QED) is 0.390. The Balaban J connectivity index is 1.43. The number of likely N-dealkylation sites (tertiary alicyclic amines) is 1. The van der Waals surface area contributed by atoms with E-state index in [4.69, 9.17) is 9.47 Å². The number of carbonyl (C=O) groups excluding carboxylic acids is 4. The zero-order valence-corrected chi connectivity index (χ0v) is 22.9. The minimum atomic E-state index is -1.07. The van der Waals surface area contributed by atoms with Gasteiger partial charge < -0.3 is 19.7 Å². The molecule has 1 aliphatic heterocycles. The lowest BCUT2D eigenvalue weighted by atomic mass is 9.84. The van der Waals surface area contributed by atoms with Crippen molar-refractivity contribution < 1.29 is 28.7 Å². The highest BCUT2D eigenvalue weighted by Crippen LogP contribution is 2.35. The molecule has 1 saturated heterocycles. The lowest BCUT2D eigenvalue weighted by Crippen LogP contribution is -2.63. The molecule has 0 bridgehead atoms. The maximum atomic E-state index is 13.1. The van der Waals surface area contributed by atoms with Gasteiger partial charge in [0.1, 0.15) is 12.1 Å². The second kappa shape index (κ2) is 15.0. The molecule has 0 aromatic heterocycles. The summed E-state index contributed by atoms with van der Waals surface area (Å²) in [6.07, 6.45) is 1.99. The third-order valence-electron chi connectivity index (χ3n) is 7.02. The fraction of sp³-hybridized carbons (Fsp3) is 0.467. The van der Waals surface area contributed by atoms with Crippen LogP contribution in [0.5, 0.6) is 0 Å². The first-order chi connectivity index (χ1) is 18.9. The molecule has 0 unspecified atom stereocenters. The molecule has 1 fully saturated rings. The van der Waals surface area contributed by atoms with Gasteiger partial charge in [0, 0.05) is 51.1 Å². The van der Waals surface area contributed by atoms with Crippen molar-refractivity contribution in [3.05, 3.63) is 66.2 Å². The molecular formula is C30H39N3O6. The smallest absolute Gasteiger partial charge is 0.332 e. The van der Waals surface area contributed by atoms with E-state index in [9.17, 15) is 19.2 Å². The molecule has 1 heterocycles. The third kappa shape index (κ3) is 8.38. The number of para-hydroxylation sites is 1. The average Bonchev–Trinajstić information content (AvgIpc) is 2.97. The zero-order chi connectivity index (χ0) is 28.1. The van der Waals surface area contributed by atoms with Gasteiger partial charge in [0.15, 0.2) is 0 Å². The SMILES string of the molecule is CCC(=O)N(c1ccccc1)C1(C(=O)OC)CCN(CCNC(=O)CCCC(=O)OCc2ccccc2)CC1. The molecule has 9 heteroatoms. The highest BCUT2D eigenvalue weighted by molar-refractivity contribution is 6.02. The molecule has 2 amide bonds. The Morgan fingerprint density at radius 1 is 0.949 bits per heavy atom. The molecule has 0 aliphatic carbocycles. The van der Waals surface area contributed by atoms with Crippen molar-refractivity contribution in [1.82, 2.24) is 10.2 Å². The van der Waals surface area contributed by atoms with E-state index < -0.39 is 11.5 Å². The van der Waals surface area contributed by atoms with E-state index in [1.54, 1.807) is 11.8 Å². The van der Waals surface area contributed by atoms with Crippen LogP contribution >= 0.6 is 0 Å². The number of nitrogens with zero attached hydrogens (tertiary/aromatic N) is 2. The predicted molar refractivity (Wildman–Crippen MR) is 148 cm³/mol. The van der Waals surface area contributed by atoms with Gasteiger partial charge in [-0.2, -0.15) is 0 Å². The number of hydrogen-bond donors (Lipinski definition) is 1. The number of esters is 2. The lowest BCUT2D eigenvalue weighted by molar-refractivity contribution is -0.151. The standard InChI is InChI=1S/C30H39N3O6/c1-3-27(35)33(25-13-8-5-9-14-25)30(29(37)38-2)17-20-32(21-18-30)22-19-31-26(34)15-10-16-28(36)39-23-24-11-6-4-7-12-24/h4-9,11-14H,3,10,15-23H2,1-2H3,(H,31,34). The second-order valence-electron chi connectivity index (χ2n) is 9.63. The number of nitrogens with one attached hydrogen (secondary N) is 1. The number of hydrogen-bond acceptors (Lipinski definition) is 7. The van der Waals surface area contributed by atoms with Gasteiger partial charge in [-0.05, 0) is 37.0 Å². The highest BCUT2D eigenvalue weighted by Gasteiger charge is 2.49. The molecule has 2 aromatic rings. The van der Waals surface area contributed by atoms with E-state index >= 15 is 0 Å². The second-order valence-corrected chi connectivity index (χ2v) is 9.63. The number of ether oxygens (including phenoxy) is 2. The number of amides is 2. The Labute approximate surface area is 230 Å². The van der Waals surface area contributed by atoms with E-state index in [0.717, 1.165) is 5.56 Å². The van der Waals surface area contributed by atoms with E-state index in [1.807, 2.05) is 60.7 Å². The number of rotatable bonds is 13. The molecule has 0 atom stereocenters. The first kappa shape index (κ1) is 29.8.